The van der Waals surface area contributed by atoms with Crippen LogP contribution in [0.15, 0.2) is 6.33 Å². The van der Waals surface area contributed by atoms with E-state index in [0.717, 1.165) is 19.3 Å². The average molecular weight is 447 g/mol. The van der Waals surface area contributed by atoms with Gasteiger partial charge in [-0.05, 0) is 46.5 Å². The second-order valence-electron chi connectivity index (χ2n) is 10.8. The zero-order chi connectivity index (χ0) is 23.5. The van der Waals surface area contributed by atoms with Crippen molar-refractivity contribution in [2.24, 2.45) is 11.7 Å². The third kappa shape index (κ3) is 6.07. The number of anilines is 2. The lowest BCUT2D eigenvalue weighted by molar-refractivity contribution is -0.143. The first-order valence-electron chi connectivity index (χ1n) is 12.1. The molecule has 0 aromatic carbocycles. The summed E-state index contributed by atoms with van der Waals surface area (Å²) in [6.07, 6.45) is 6.91. The van der Waals surface area contributed by atoms with Gasteiger partial charge in [0.25, 0.3) is 0 Å². The molecule has 180 valence electrons. The Labute approximate surface area is 192 Å². The molecule has 3 rings (SSSR count). The Morgan fingerprint density at radius 1 is 1.22 bits per heavy atom. The highest BCUT2D eigenvalue weighted by Crippen LogP contribution is 2.25. The molecule has 5 N–H and O–H groups in total. The Bertz CT molecular complexity index is 783. The van der Waals surface area contributed by atoms with Crippen LogP contribution < -0.4 is 21.7 Å². The van der Waals surface area contributed by atoms with Crippen LogP contribution in [0.2, 0.25) is 0 Å². The van der Waals surface area contributed by atoms with Gasteiger partial charge in [0.15, 0.2) is 0 Å². The van der Waals surface area contributed by atoms with E-state index in [1.165, 1.54) is 19.2 Å². The molecular weight excluding hydrogens is 404 g/mol. The number of amides is 1. The van der Waals surface area contributed by atoms with Gasteiger partial charge in [-0.15, -0.1) is 0 Å². The Balaban J connectivity index is 1.72. The minimum absolute atomic E-state index is 0.0286. The third-order valence-corrected chi connectivity index (χ3v) is 6.83. The smallest absolute Gasteiger partial charge is 0.242 e. The van der Waals surface area contributed by atoms with Gasteiger partial charge in [-0.1, -0.05) is 33.1 Å². The van der Waals surface area contributed by atoms with Crippen LogP contribution in [0.4, 0.5) is 11.9 Å². The fourth-order valence-corrected chi connectivity index (χ4v) is 5.03. The summed E-state index contributed by atoms with van der Waals surface area (Å²) < 4.78 is 0. The van der Waals surface area contributed by atoms with Gasteiger partial charge in [0.2, 0.25) is 17.8 Å². The molecule has 0 bridgehead atoms. The molecule has 2 heterocycles. The number of hydrogen-bond acceptors (Lipinski definition) is 8. The van der Waals surface area contributed by atoms with E-state index in [4.69, 9.17) is 5.73 Å². The maximum atomic E-state index is 13.1. The van der Waals surface area contributed by atoms with Crippen LogP contribution in [0, 0.1) is 5.92 Å². The number of nitrogens with one attached hydrogen (secondary N) is 3. The van der Waals surface area contributed by atoms with Crippen molar-refractivity contribution in [3.05, 3.63) is 6.33 Å². The molecule has 2 fully saturated rings. The normalized spacial score (nSPS) is 27.0. The maximum Gasteiger partial charge on any atom is 0.242 e. The molecule has 4 unspecified atom stereocenters. The first-order valence-corrected chi connectivity index (χ1v) is 12.1. The molecule has 1 aromatic heterocycles. The number of nitrogens with zero attached hydrogens (tertiary/aromatic N) is 4. The van der Waals surface area contributed by atoms with Crippen molar-refractivity contribution < 1.29 is 4.79 Å². The fraction of sp³-hybridized carbons (Fsp3) is 0.826. The molecular formula is C23H42N8O. The van der Waals surface area contributed by atoms with Crippen molar-refractivity contribution in [1.82, 2.24) is 25.2 Å². The first-order chi connectivity index (χ1) is 15.0. The summed E-state index contributed by atoms with van der Waals surface area (Å²) in [5.41, 5.74) is 5.53. The second-order valence-corrected chi connectivity index (χ2v) is 10.8. The van der Waals surface area contributed by atoms with Crippen LogP contribution in [0.1, 0.15) is 73.6 Å². The van der Waals surface area contributed by atoms with Crippen molar-refractivity contribution in [1.29, 1.82) is 0 Å². The van der Waals surface area contributed by atoms with E-state index in [0.29, 0.717) is 30.9 Å². The Hall–Kier alpha value is -2.00. The van der Waals surface area contributed by atoms with Crippen LogP contribution in [0.25, 0.3) is 0 Å². The lowest BCUT2D eigenvalue weighted by Crippen LogP contribution is -2.70. The molecule has 1 aliphatic carbocycles. The van der Waals surface area contributed by atoms with Gasteiger partial charge in [0.05, 0.1) is 5.54 Å². The van der Waals surface area contributed by atoms with Crippen LogP contribution >= 0.6 is 0 Å². The zero-order valence-electron chi connectivity index (χ0n) is 20.6. The Morgan fingerprint density at radius 2 is 1.91 bits per heavy atom. The first kappa shape index (κ1) is 24.6. The Morgan fingerprint density at radius 3 is 2.59 bits per heavy atom. The van der Waals surface area contributed by atoms with E-state index in [-0.39, 0.29) is 29.6 Å². The molecule has 9 heteroatoms. The molecule has 0 radical (unpaired) electrons. The van der Waals surface area contributed by atoms with Gasteiger partial charge >= 0.3 is 0 Å². The highest BCUT2D eigenvalue weighted by atomic mass is 16.2. The van der Waals surface area contributed by atoms with Crippen molar-refractivity contribution in [3.63, 3.8) is 0 Å². The summed E-state index contributed by atoms with van der Waals surface area (Å²) in [4.78, 5) is 28.4. The monoisotopic (exact) mass is 446 g/mol. The molecule has 1 saturated heterocycles. The second kappa shape index (κ2) is 9.87. The van der Waals surface area contributed by atoms with Crippen LogP contribution in [0.5, 0.6) is 0 Å². The summed E-state index contributed by atoms with van der Waals surface area (Å²) >= 11 is 0. The highest BCUT2D eigenvalue weighted by molar-refractivity contribution is 5.86. The third-order valence-electron chi connectivity index (χ3n) is 6.83. The van der Waals surface area contributed by atoms with Gasteiger partial charge in [0.1, 0.15) is 6.33 Å². The topological polar surface area (TPSA) is 121 Å². The molecule has 9 nitrogen and oxygen atoms in total. The van der Waals surface area contributed by atoms with Gasteiger partial charge in [0, 0.05) is 36.8 Å². The number of rotatable bonds is 8. The number of piperazine rings is 1. The average Bonchev–Trinajstić information content (AvgIpc) is 2.71. The summed E-state index contributed by atoms with van der Waals surface area (Å²) in [6.45, 7) is 13.8. The van der Waals surface area contributed by atoms with Gasteiger partial charge in [-0.2, -0.15) is 4.98 Å². The predicted molar refractivity (Wildman–Crippen MR) is 128 cm³/mol. The summed E-state index contributed by atoms with van der Waals surface area (Å²) in [7, 11) is 0. The Kier molecular flexibility index (Phi) is 7.60. The largest absolute Gasteiger partial charge is 0.350 e. The SMILES string of the molecule is CCC(C)C(CN1CC(C)(C)NC(C)(C)C1=O)Nc1ncnc(NC2CCCCC2N)n1. The highest BCUT2D eigenvalue weighted by Gasteiger charge is 2.44. The van der Waals surface area contributed by atoms with Gasteiger partial charge < -0.3 is 21.3 Å². The van der Waals surface area contributed by atoms with Crippen LogP contribution in [-0.4, -0.2) is 68.1 Å². The molecule has 32 heavy (non-hydrogen) atoms. The lowest BCUT2D eigenvalue weighted by atomic mass is 9.89. The van der Waals surface area contributed by atoms with Crippen molar-refractivity contribution in [2.75, 3.05) is 23.7 Å². The van der Waals surface area contributed by atoms with Crippen molar-refractivity contribution in [2.45, 2.75) is 103 Å². The van der Waals surface area contributed by atoms with Gasteiger partial charge in [-0.3, -0.25) is 10.1 Å². The van der Waals surface area contributed by atoms with E-state index in [1.807, 2.05) is 18.7 Å². The molecule has 1 aliphatic heterocycles. The number of aromatic nitrogens is 3. The van der Waals surface area contributed by atoms with E-state index >= 15 is 0 Å². The zero-order valence-corrected chi connectivity index (χ0v) is 20.6. The van der Waals surface area contributed by atoms with Crippen LogP contribution in [-0.2, 0) is 4.79 Å². The standard InChI is InChI=1S/C23H42N8O/c1-7-15(2)18(12-31-13-22(3,4)30-23(5,6)19(31)32)28-21-26-14-25-20(29-21)27-17-11-9-8-10-16(17)24/h14-18,30H,7-13,24H2,1-6H3,(H2,25,26,27,28,29). The van der Waals surface area contributed by atoms with E-state index in [2.05, 4.69) is 58.6 Å². The minimum Gasteiger partial charge on any atom is -0.350 e. The van der Waals surface area contributed by atoms with Crippen LogP contribution in [0.3, 0.4) is 0 Å². The quantitative estimate of drug-likeness (QED) is 0.480. The lowest BCUT2D eigenvalue weighted by Gasteiger charge is -2.48. The fourth-order valence-electron chi connectivity index (χ4n) is 5.03. The number of carbonyl (C=O) groups is 1. The summed E-state index contributed by atoms with van der Waals surface area (Å²) in [5, 5.41) is 10.4. The molecule has 2 aliphatic rings. The molecule has 4 atom stereocenters. The maximum absolute atomic E-state index is 13.1. The summed E-state index contributed by atoms with van der Waals surface area (Å²) in [6, 6.07) is 0.336. The minimum atomic E-state index is -0.592. The number of nitrogens with two attached hydrogens (primary N) is 1. The van der Waals surface area contributed by atoms with Crippen molar-refractivity contribution in [3.8, 4) is 0 Å². The molecule has 0 spiro atoms. The van der Waals surface area contributed by atoms with E-state index < -0.39 is 5.54 Å². The van der Waals surface area contributed by atoms with Crippen molar-refractivity contribution >= 4 is 17.8 Å². The molecule has 1 amide bonds. The van der Waals surface area contributed by atoms with E-state index in [9.17, 15) is 4.79 Å². The van der Waals surface area contributed by atoms with Gasteiger partial charge in [-0.25, -0.2) is 9.97 Å². The van der Waals surface area contributed by atoms with E-state index in [1.54, 1.807) is 0 Å². The molecule has 1 saturated carbocycles. The number of carbonyl (C=O) groups excluding carboxylic acids is 1. The predicted octanol–water partition coefficient (Wildman–Crippen LogP) is 2.37. The molecule has 1 aromatic rings. The number of hydrogen-bond donors (Lipinski definition) is 4. The summed E-state index contributed by atoms with van der Waals surface area (Å²) in [5.74, 6) is 1.53.